The molecule has 0 spiro atoms. The zero-order valence-electron chi connectivity index (χ0n) is 19.1. The number of nitrogens with zero attached hydrogens (tertiary/aromatic N) is 4. The van der Waals surface area contributed by atoms with Crippen LogP contribution in [-0.4, -0.2) is 32.6 Å². The second-order valence-corrected chi connectivity index (χ2v) is 9.10. The molecule has 0 aromatic carbocycles. The molecule has 0 radical (unpaired) electrons. The van der Waals surface area contributed by atoms with Crippen LogP contribution in [0, 0.1) is 11.2 Å². The first-order valence-corrected chi connectivity index (χ1v) is 11.5. The molecule has 34 heavy (non-hydrogen) atoms. The van der Waals surface area contributed by atoms with Gasteiger partial charge in [0.1, 0.15) is 5.69 Å². The van der Waals surface area contributed by atoms with E-state index >= 15 is 0 Å². The molecule has 10 nitrogen and oxygen atoms in total. The van der Waals surface area contributed by atoms with Crippen molar-refractivity contribution in [2.24, 2.45) is 0 Å². The fourth-order valence-electron chi connectivity index (χ4n) is 4.64. The molecule has 1 amide bonds. The SMILES string of the molecule is CC(C)c1cc(Nc2c3c(nc(C4(C(=O)Nc5ccc(F)nc5)CCCN4)[n+]2[O-])CCC3)n[nH]1. The van der Waals surface area contributed by atoms with Crippen LogP contribution in [0.25, 0.3) is 0 Å². The zero-order chi connectivity index (χ0) is 23.9. The van der Waals surface area contributed by atoms with Gasteiger partial charge in [0.15, 0.2) is 5.54 Å². The molecule has 1 unspecified atom stereocenters. The largest absolute Gasteiger partial charge is 0.740 e. The summed E-state index contributed by atoms with van der Waals surface area (Å²) in [7, 11) is 0. The smallest absolute Gasteiger partial charge is 0.269 e. The van der Waals surface area contributed by atoms with Crippen LogP contribution in [0.3, 0.4) is 0 Å². The van der Waals surface area contributed by atoms with E-state index in [0.29, 0.717) is 36.7 Å². The molecule has 1 atom stereocenters. The number of H-pyrrole nitrogens is 1. The van der Waals surface area contributed by atoms with Crippen LogP contribution < -0.4 is 20.7 Å². The van der Waals surface area contributed by atoms with E-state index in [1.165, 1.54) is 18.3 Å². The Hall–Kier alpha value is -3.60. The van der Waals surface area contributed by atoms with E-state index in [-0.39, 0.29) is 11.7 Å². The molecular weight excluding hydrogens is 439 g/mol. The minimum absolute atomic E-state index is 0.0975. The Morgan fingerprint density at radius 3 is 2.82 bits per heavy atom. The summed E-state index contributed by atoms with van der Waals surface area (Å²) in [5.74, 6) is 0.177. The molecule has 4 N–H and O–H groups in total. The highest BCUT2D eigenvalue weighted by atomic mass is 19.1. The molecule has 1 fully saturated rings. The first kappa shape index (κ1) is 22.2. The third-order valence-electron chi connectivity index (χ3n) is 6.49. The van der Waals surface area contributed by atoms with Crippen LogP contribution in [0.2, 0.25) is 0 Å². The van der Waals surface area contributed by atoms with Crippen LogP contribution in [-0.2, 0) is 23.2 Å². The van der Waals surface area contributed by atoms with E-state index in [0.717, 1.165) is 40.9 Å². The predicted molar refractivity (Wildman–Crippen MR) is 123 cm³/mol. The first-order valence-electron chi connectivity index (χ1n) is 11.5. The molecule has 11 heteroatoms. The van der Waals surface area contributed by atoms with E-state index in [1.807, 2.05) is 6.07 Å². The number of carbonyl (C=O) groups is 1. The molecule has 3 aromatic heterocycles. The van der Waals surface area contributed by atoms with Gasteiger partial charge in [0.25, 0.3) is 11.7 Å². The summed E-state index contributed by atoms with van der Waals surface area (Å²) in [6.45, 7) is 4.67. The Morgan fingerprint density at radius 2 is 2.15 bits per heavy atom. The van der Waals surface area contributed by atoms with Crippen LogP contribution in [0.15, 0.2) is 24.4 Å². The lowest BCUT2D eigenvalue weighted by Crippen LogP contribution is -2.56. The number of fused-ring (bicyclic) bond motifs is 1. The molecular formula is C23H27FN8O2. The van der Waals surface area contributed by atoms with Crippen LogP contribution in [0.1, 0.15) is 61.8 Å². The summed E-state index contributed by atoms with van der Waals surface area (Å²) >= 11 is 0. The van der Waals surface area contributed by atoms with E-state index in [1.54, 1.807) is 0 Å². The molecule has 178 valence electrons. The lowest BCUT2D eigenvalue weighted by Gasteiger charge is -2.29. The molecule has 3 aromatic rings. The van der Waals surface area contributed by atoms with Crippen molar-refractivity contribution in [2.75, 3.05) is 17.2 Å². The highest BCUT2D eigenvalue weighted by Crippen LogP contribution is 2.34. The summed E-state index contributed by atoms with van der Waals surface area (Å²) in [5.41, 5.74) is 1.64. The second kappa shape index (κ2) is 8.64. The lowest BCUT2D eigenvalue weighted by molar-refractivity contribution is -0.607. The van der Waals surface area contributed by atoms with Crippen LogP contribution in [0.5, 0.6) is 0 Å². The van der Waals surface area contributed by atoms with Gasteiger partial charge in [0.05, 0.1) is 17.4 Å². The van der Waals surface area contributed by atoms with Gasteiger partial charge in [-0.25, -0.2) is 9.71 Å². The Morgan fingerprint density at radius 1 is 1.29 bits per heavy atom. The Kier molecular flexibility index (Phi) is 5.64. The third-order valence-corrected chi connectivity index (χ3v) is 6.49. The van der Waals surface area contributed by atoms with Gasteiger partial charge < -0.3 is 10.5 Å². The van der Waals surface area contributed by atoms with Crippen molar-refractivity contribution in [3.05, 3.63) is 58.3 Å². The average molecular weight is 467 g/mol. The highest BCUT2D eigenvalue weighted by Gasteiger charge is 2.50. The molecule has 0 bridgehead atoms. The highest BCUT2D eigenvalue weighted by molar-refractivity contribution is 5.98. The van der Waals surface area contributed by atoms with E-state index in [9.17, 15) is 14.4 Å². The summed E-state index contributed by atoms with van der Waals surface area (Å²) in [5, 5.41) is 30.2. The van der Waals surface area contributed by atoms with Gasteiger partial charge in [-0.05, 0) is 50.3 Å². The van der Waals surface area contributed by atoms with E-state index in [2.05, 4.69) is 45.0 Å². The quantitative estimate of drug-likeness (QED) is 0.249. The van der Waals surface area contributed by atoms with Crippen molar-refractivity contribution in [1.29, 1.82) is 0 Å². The summed E-state index contributed by atoms with van der Waals surface area (Å²) < 4.78 is 13.9. The summed E-state index contributed by atoms with van der Waals surface area (Å²) in [6.07, 6.45) is 4.69. The maximum atomic E-state index is 13.7. The lowest BCUT2D eigenvalue weighted by atomic mass is 9.94. The standard InChI is InChI=1S/C23H27FN8O2/c1-13(2)17-11-19(31-30-17)29-20-15-5-3-6-16(15)28-21(32(20)34)23(9-4-10-26-23)22(33)27-14-7-8-18(24)25-12-14/h7-8,11-13,26H,3-6,9-10H2,1-2H3,(H,27,33)(H2,29,30,31). The molecule has 1 saturated heterocycles. The number of nitrogens with one attached hydrogen (secondary N) is 4. The molecule has 1 aliphatic heterocycles. The molecule has 5 rings (SSSR count). The monoisotopic (exact) mass is 466 g/mol. The molecule has 0 saturated carbocycles. The number of anilines is 3. The maximum Gasteiger partial charge on any atom is 0.269 e. The maximum absolute atomic E-state index is 13.7. The normalized spacial score (nSPS) is 19.4. The van der Waals surface area contributed by atoms with Gasteiger partial charge in [-0.1, -0.05) is 13.8 Å². The number of pyridine rings is 1. The van der Waals surface area contributed by atoms with Crippen LogP contribution >= 0.6 is 0 Å². The number of carbonyl (C=O) groups excluding carboxylic acids is 1. The van der Waals surface area contributed by atoms with Gasteiger partial charge in [-0.15, -0.1) is 10.1 Å². The van der Waals surface area contributed by atoms with Crippen molar-refractivity contribution >= 4 is 23.2 Å². The van der Waals surface area contributed by atoms with Crippen molar-refractivity contribution < 1.29 is 13.9 Å². The minimum Gasteiger partial charge on any atom is -0.740 e. The number of aromatic amines is 1. The fourth-order valence-corrected chi connectivity index (χ4v) is 4.64. The number of aromatic nitrogens is 5. The van der Waals surface area contributed by atoms with Crippen molar-refractivity contribution in [1.82, 2.24) is 25.5 Å². The van der Waals surface area contributed by atoms with Crippen molar-refractivity contribution in [2.45, 2.75) is 57.4 Å². The van der Waals surface area contributed by atoms with Gasteiger partial charge in [-0.2, -0.15) is 4.39 Å². The van der Waals surface area contributed by atoms with Crippen LogP contribution in [0.4, 0.5) is 21.7 Å². The Bertz CT molecular complexity index is 1220. The number of rotatable bonds is 6. The van der Waals surface area contributed by atoms with Gasteiger partial charge in [0.2, 0.25) is 17.6 Å². The molecule has 2 aliphatic rings. The average Bonchev–Trinajstić information content (AvgIpc) is 3.57. The Labute approximate surface area is 196 Å². The third kappa shape index (κ3) is 3.85. The fraction of sp³-hybridized carbons (Fsp3) is 0.435. The first-order chi connectivity index (χ1) is 16.4. The van der Waals surface area contributed by atoms with Crippen molar-refractivity contribution in [3.63, 3.8) is 0 Å². The molecule has 4 heterocycles. The number of hydrogen-bond acceptors (Lipinski definition) is 7. The van der Waals surface area contributed by atoms with Crippen molar-refractivity contribution in [3.8, 4) is 0 Å². The van der Waals surface area contributed by atoms with Gasteiger partial charge in [0, 0.05) is 18.2 Å². The van der Waals surface area contributed by atoms with E-state index in [4.69, 9.17) is 4.98 Å². The minimum atomic E-state index is -1.32. The predicted octanol–water partition coefficient (Wildman–Crippen LogP) is 2.55. The second-order valence-electron chi connectivity index (χ2n) is 9.10. The summed E-state index contributed by atoms with van der Waals surface area (Å²) in [6, 6.07) is 4.48. The Balaban J connectivity index is 1.55. The number of hydrogen-bond donors (Lipinski definition) is 4. The topological polar surface area (TPSA) is 135 Å². The summed E-state index contributed by atoms with van der Waals surface area (Å²) in [4.78, 5) is 21.8. The number of aryl methyl sites for hydroxylation is 1. The number of halogens is 1. The zero-order valence-corrected chi connectivity index (χ0v) is 19.1. The van der Waals surface area contributed by atoms with Gasteiger partial charge in [-0.3, -0.25) is 20.5 Å². The van der Waals surface area contributed by atoms with Gasteiger partial charge >= 0.3 is 0 Å². The van der Waals surface area contributed by atoms with E-state index < -0.39 is 17.4 Å². The number of amides is 1. The molecule has 1 aliphatic carbocycles.